The molecule has 200 valence electrons. The van der Waals surface area contributed by atoms with Crippen molar-refractivity contribution in [2.24, 2.45) is 11.3 Å². The summed E-state index contributed by atoms with van der Waals surface area (Å²) in [7, 11) is 0. The molecule has 5 rings (SSSR count). The number of rotatable bonds is 7. The average Bonchev–Trinajstić information content (AvgIpc) is 3.28. The maximum absolute atomic E-state index is 13.3. The Kier molecular flexibility index (Phi) is 7.18. The first-order valence-corrected chi connectivity index (χ1v) is 14.0. The minimum Gasteiger partial charge on any atom is -0.490 e. The molecule has 0 saturated carbocycles. The van der Waals surface area contributed by atoms with E-state index in [0.29, 0.717) is 18.3 Å². The number of carbonyl (C=O) groups excluding carboxylic acids is 2. The topological polar surface area (TPSA) is 76.7 Å². The van der Waals surface area contributed by atoms with Crippen LogP contribution in [0, 0.1) is 17.2 Å². The number of ether oxygens (including phenoxy) is 2. The highest BCUT2D eigenvalue weighted by molar-refractivity contribution is 7.16. The van der Waals surface area contributed by atoms with Crippen molar-refractivity contribution in [1.29, 1.82) is 0 Å². The van der Waals surface area contributed by atoms with Crippen molar-refractivity contribution < 1.29 is 23.5 Å². The van der Waals surface area contributed by atoms with E-state index in [-0.39, 0.29) is 22.6 Å². The maximum atomic E-state index is 13.3. The van der Waals surface area contributed by atoms with Crippen molar-refractivity contribution in [3.05, 3.63) is 75.4 Å². The molecule has 1 amide bonds. The number of fused-ring (bicyclic) bond motifs is 3. The van der Waals surface area contributed by atoms with Gasteiger partial charge in [-0.2, -0.15) is 0 Å². The smallest absolute Gasteiger partial charge is 0.343 e. The molecular formula is C30H33FN2O4S. The zero-order chi connectivity index (χ0) is 27.0. The zero-order valence-electron chi connectivity index (χ0n) is 22.2. The van der Waals surface area contributed by atoms with Crippen molar-refractivity contribution in [2.45, 2.75) is 59.5 Å². The van der Waals surface area contributed by atoms with Crippen LogP contribution >= 0.6 is 11.3 Å². The van der Waals surface area contributed by atoms with Gasteiger partial charge in [0, 0.05) is 4.88 Å². The lowest BCUT2D eigenvalue weighted by atomic mass is 9.69. The van der Waals surface area contributed by atoms with Gasteiger partial charge in [0.1, 0.15) is 17.0 Å². The molecule has 0 unspecified atom stereocenters. The van der Waals surface area contributed by atoms with Crippen LogP contribution in [0.25, 0.3) is 0 Å². The van der Waals surface area contributed by atoms with Crippen LogP contribution in [0.3, 0.4) is 0 Å². The Hall–Kier alpha value is -3.39. The summed E-state index contributed by atoms with van der Waals surface area (Å²) < 4.78 is 24.5. The van der Waals surface area contributed by atoms with Crippen LogP contribution in [0.1, 0.15) is 83.4 Å². The van der Waals surface area contributed by atoms with Gasteiger partial charge in [0.2, 0.25) is 0 Å². The Labute approximate surface area is 226 Å². The van der Waals surface area contributed by atoms with Crippen molar-refractivity contribution in [3.63, 3.8) is 0 Å². The minimum absolute atomic E-state index is 0.0702. The number of nitrogens with one attached hydrogen (secondary N) is 2. The SMILES string of the molecule is CCOc1cc([C@@H]2NC(=O)c3c(sc4c3CC[C@@H](C(C)(C)CC)C4)N2)ccc1OC(=O)c1ccc(F)cc1. The number of amides is 1. The van der Waals surface area contributed by atoms with Gasteiger partial charge >= 0.3 is 5.97 Å². The van der Waals surface area contributed by atoms with Crippen molar-refractivity contribution >= 4 is 28.2 Å². The Morgan fingerprint density at radius 1 is 1.11 bits per heavy atom. The van der Waals surface area contributed by atoms with Gasteiger partial charge in [-0.05, 0) is 85.0 Å². The van der Waals surface area contributed by atoms with Crippen LogP contribution in [-0.2, 0) is 12.8 Å². The molecule has 1 aliphatic carbocycles. The fourth-order valence-electron chi connectivity index (χ4n) is 5.22. The number of hydrogen-bond donors (Lipinski definition) is 2. The lowest BCUT2D eigenvalue weighted by Crippen LogP contribution is -2.38. The molecule has 6 nitrogen and oxygen atoms in total. The van der Waals surface area contributed by atoms with Crippen molar-refractivity contribution in [2.75, 3.05) is 11.9 Å². The van der Waals surface area contributed by atoms with Gasteiger partial charge in [0.05, 0.1) is 17.7 Å². The predicted octanol–water partition coefficient (Wildman–Crippen LogP) is 6.90. The molecule has 1 aromatic heterocycles. The van der Waals surface area contributed by atoms with E-state index >= 15 is 0 Å². The number of thiophene rings is 1. The number of carbonyl (C=O) groups is 2. The van der Waals surface area contributed by atoms with E-state index in [1.54, 1.807) is 29.5 Å². The van der Waals surface area contributed by atoms with Crippen LogP contribution in [0.2, 0.25) is 0 Å². The summed E-state index contributed by atoms with van der Waals surface area (Å²) in [5.41, 5.74) is 3.26. The van der Waals surface area contributed by atoms with Gasteiger partial charge in [0.25, 0.3) is 5.91 Å². The van der Waals surface area contributed by atoms with Crippen LogP contribution in [0.15, 0.2) is 42.5 Å². The first-order chi connectivity index (χ1) is 18.2. The first-order valence-electron chi connectivity index (χ1n) is 13.2. The molecule has 3 aromatic rings. The molecule has 38 heavy (non-hydrogen) atoms. The summed E-state index contributed by atoms with van der Waals surface area (Å²) in [4.78, 5) is 27.2. The Morgan fingerprint density at radius 2 is 1.87 bits per heavy atom. The molecule has 1 aliphatic heterocycles. The molecule has 2 N–H and O–H groups in total. The zero-order valence-corrected chi connectivity index (χ0v) is 23.0. The second-order valence-corrected chi connectivity index (χ2v) is 11.7. The molecule has 2 aromatic carbocycles. The summed E-state index contributed by atoms with van der Waals surface area (Å²) in [6.45, 7) is 9.14. The lowest BCUT2D eigenvalue weighted by Gasteiger charge is -2.36. The third-order valence-electron chi connectivity index (χ3n) is 7.94. The van der Waals surface area contributed by atoms with E-state index in [2.05, 4.69) is 31.4 Å². The van der Waals surface area contributed by atoms with Gasteiger partial charge in [-0.15, -0.1) is 11.3 Å². The van der Waals surface area contributed by atoms with E-state index in [0.717, 1.165) is 41.8 Å². The van der Waals surface area contributed by atoms with E-state index in [9.17, 15) is 14.0 Å². The molecule has 2 atom stereocenters. The Balaban J connectivity index is 1.37. The third kappa shape index (κ3) is 5.01. The van der Waals surface area contributed by atoms with Crippen LogP contribution in [0.5, 0.6) is 11.5 Å². The van der Waals surface area contributed by atoms with E-state index in [1.165, 1.54) is 34.7 Å². The number of hydrogen-bond acceptors (Lipinski definition) is 6. The van der Waals surface area contributed by atoms with Gasteiger partial charge < -0.3 is 20.1 Å². The van der Waals surface area contributed by atoms with Crippen molar-refractivity contribution in [3.8, 4) is 11.5 Å². The highest BCUT2D eigenvalue weighted by Crippen LogP contribution is 2.47. The van der Waals surface area contributed by atoms with Crippen LogP contribution in [0.4, 0.5) is 9.39 Å². The normalized spacial score (nSPS) is 18.6. The fourth-order valence-corrected chi connectivity index (χ4v) is 6.58. The van der Waals surface area contributed by atoms with Crippen molar-refractivity contribution in [1.82, 2.24) is 5.32 Å². The summed E-state index contributed by atoms with van der Waals surface area (Å²) in [6, 6.07) is 10.4. The van der Waals surface area contributed by atoms with Gasteiger partial charge in [-0.25, -0.2) is 9.18 Å². The van der Waals surface area contributed by atoms with Gasteiger partial charge in [-0.1, -0.05) is 33.3 Å². The standard InChI is InChI=1S/C30H33FN2O4S/c1-5-30(3,4)19-10-13-21-24(16-19)38-28-25(21)27(34)32-26(33-28)18-9-14-22(23(15-18)36-6-2)37-29(35)17-7-11-20(31)12-8-17/h7-9,11-12,14-15,19,26,33H,5-6,10,13,16H2,1-4H3,(H,32,34)/t19-,26-/m1/s1. The maximum Gasteiger partial charge on any atom is 0.343 e. The molecule has 0 saturated heterocycles. The van der Waals surface area contributed by atoms with Gasteiger partial charge in [-0.3, -0.25) is 4.79 Å². The predicted molar refractivity (Wildman–Crippen MR) is 147 cm³/mol. The molecule has 0 spiro atoms. The monoisotopic (exact) mass is 536 g/mol. The summed E-state index contributed by atoms with van der Waals surface area (Å²) in [5.74, 6) is 0.141. The van der Waals surface area contributed by atoms with Gasteiger partial charge in [0.15, 0.2) is 11.5 Å². The second-order valence-electron chi connectivity index (χ2n) is 10.6. The van der Waals surface area contributed by atoms with E-state index in [1.807, 2.05) is 6.92 Å². The number of halogens is 1. The molecular weight excluding hydrogens is 503 g/mol. The quantitative estimate of drug-likeness (QED) is 0.254. The molecule has 2 heterocycles. The van der Waals surface area contributed by atoms with E-state index in [4.69, 9.17) is 9.47 Å². The third-order valence-corrected chi connectivity index (χ3v) is 9.13. The molecule has 0 radical (unpaired) electrons. The Morgan fingerprint density at radius 3 is 2.58 bits per heavy atom. The highest BCUT2D eigenvalue weighted by Gasteiger charge is 2.37. The first kappa shape index (κ1) is 26.2. The molecule has 2 aliphatic rings. The Bertz CT molecular complexity index is 1370. The largest absolute Gasteiger partial charge is 0.490 e. The van der Waals surface area contributed by atoms with Crippen LogP contribution in [-0.4, -0.2) is 18.5 Å². The fraction of sp³-hybridized carbons (Fsp3) is 0.400. The summed E-state index contributed by atoms with van der Waals surface area (Å²) in [5, 5.41) is 7.52. The molecule has 8 heteroatoms. The minimum atomic E-state index is -0.610. The number of benzene rings is 2. The summed E-state index contributed by atoms with van der Waals surface area (Å²) >= 11 is 1.70. The molecule has 0 fully saturated rings. The van der Waals surface area contributed by atoms with Crippen LogP contribution < -0.4 is 20.1 Å². The van der Waals surface area contributed by atoms with E-state index < -0.39 is 18.0 Å². The highest BCUT2D eigenvalue weighted by atomic mass is 32.1. The number of anilines is 1. The second kappa shape index (κ2) is 10.4. The summed E-state index contributed by atoms with van der Waals surface area (Å²) in [6.07, 6.45) is 3.73. The number of esters is 1. The lowest BCUT2D eigenvalue weighted by molar-refractivity contribution is 0.0728. The molecule has 0 bridgehead atoms. The average molecular weight is 537 g/mol.